The molecule has 0 heterocycles. The van der Waals surface area contributed by atoms with Gasteiger partial charge in [-0.25, -0.2) is 0 Å². The van der Waals surface area contributed by atoms with Crippen LogP contribution in [0.3, 0.4) is 0 Å². The van der Waals surface area contributed by atoms with Crippen LogP contribution in [0.2, 0.25) is 0 Å². The number of methoxy groups -OCH3 is 1. The number of hydrogen-bond acceptors (Lipinski definition) is 3. The SMILES string of the molecule is CC(C)C(C)(O)C(C)C.COCC(C)(C)O. The average molecular weight is 234 g/mol. The lowest BCUT2D eigenvalue weighted by Gasteiger charge is -2.31. The number of aliphatic hydroxyl groups is 2. The van der Waals surface area contributed by atoms with Crippen molar-refractivity contribution in [2.75, 3.05) is 13.7 Å². The van der Waals surface area contributed by atoms with Gasteiger partial charge < -0.3 is 14.9 Å². The second kappa shape index (κ2) is 7.25. The van der Waals surface area contributed by atoms with Crippen LogP contribution < -0.4 is 0 Å². The van der Waals surface area contributed by atoms with Gasteiger partial charge in [0, 0.05) is 7.11 Å². The predicted octanol–water partition coefficient (Wildman–Crippen LogP) is 2.45. The van der Waals surface area contributed by atoms with E-state index in [0.717, 1.165) is 0 Å². The molecule has 3 heteroatoms. The highest BCUT2D eigenvalue weighted by atomic mass is 16.5. The molecular weight excluding hydrogens is 204 g/mol. The van der Waals surface area contributed by atoms with E-state index in [0.29, 0.717) is 18.4 Å². The summed E-state index contributed by atoms with van der Waals surface area (Å²) in [5.41, 5.74) is -1.17. The molecule has 0 aromatic carbocycles. The van der Waals surface area contributed by atoms with Crippen molar-refractivity contribution in [3.63, 3.8) is 0 Å². The van der Waals surface area contributed by atoms with Crippen LogP contribution in [0.4, 0.5) is 0 Å². The molecule has 0 bridgehead atoms. The molecule has 0 atom stereocenters. The van der Waals surface area contributed by atoms with Crippen molar-refractivity contribution >= 4 is 0 Å². The van der Waals surface area contributed by atoms with Crippen molar-refractivity contribution in [1.82, 2.24) is 0 Å². The van der Waals surface area contributed by atoms with Crippen LogP contribution in [-0.2, 0) is 4.74 Å². The lowest BCUT2D eigenvalue weighted by Crippen LogP contribution is -2.36. The van der Waals surface area contributed by atoms with Crippen molar-refractivity contribution in [3.05, 3.63) is 0 Å². The van der Waals surface area contributed by atoms with Gasteiger partial charge >= 0.3 is 0 Å². The molecule has 16 heavy (non-hydrogen) atoms. The number of hydrogen-bond donors (Lipinski definition) is 2. The van der Waals surface area contributed by atoms with Gasteiger partial charge in [-0.15, -0.1) is 0 Å². The first-order valence-electron chi connectivity index (χ1n) is 5.88. The Morgan fingerprint density at radius 1 is 0.938 bits per heavy atom. The summed E-state index contributed by atoms with van der Waals surface area (Å²) >= 11 is 0. The molecule has 0 saturated heterocycles. The molecule has 0 unspecified atom stereocenters. The van der Waals surface area contributed by atoms with E-state index >= 15 is 0 Å². The lowest BCUT2D eigenvalue weighted by molar-refractivity contribution is -0.0289. The average Bonchev–Trinajstić information content (AvgIpc) is 2.02. The summed E-state index contributed by atoms with van der Waals surface area (Å²) < 4.78 is 4.66. The third-order valence-electron chi connectivity index (χ3n) is 2.84. The summed E-state index contributed by atoms with van der Waals surface area (Å²) in [4.78, 5) is 0. The van der Waals surface area contributed by atoms with Gasteiger partial charge in [-0.2, -0.15) is 0 Å². The molecule has 0 aliphatic rings. The topological polar surface area (TPSA) is 49.7 Å². The van der Waals surface area contributed by atoms with Crippen LogP contribution in [0.5, 0.6) is 0 Å². The Morgan fingerprint density at radius 2 is 1.25 bits per heavy atom. The summed E-state index contributed by atoms with van der Waals surface area (Å²) in [6, 6.07) is 0. The van der Waals surface area contributed by atoms with E-state index in [9.17, 15) is 5.11 Å². The summed E-state index contributed by atoms with van der Waals surface area (Å²) in [7, 11) is 1.57. The maximum absolute atomic E-state index is 9.67. The third kappa shape index (κ3) is 9.13. The maximum Gasteiger partial charge on any atom is 0.0824 e. The molecular formula is C13H30O3. The molecule has 0 aliphatic carbocycles. The Morgan fingerprint density at radius 3 is 1.25 bits per heavy atom. The second-order valence-corrected chi connectivity index (χ2v) is 5.78. The van der Waals surface area contributed by atoms with E-state index in [2.05, 4.69) is 4.74 Å². The second-order valence-electron chi connectivity index (χ2n) is 5.78. The number of rotatable bonds is 4. The highest BCUT2D eigenvalue weighted by Gasteiger charge is 2.28. The third-order valence-corrected chi connectivity index (χ3v) is 2.84. The minimum absolute atomic E-state index is 0.345. The Hall–Kier alpha value is -0.120. The first-order chi connectivity index (χ1) is 6.95. The zero-order valence-electron chi connectivity index (χ0n) is 12.2. The van der Waals surface area contributed by atoms with E-state index < -0.39 is 11.2 Å². The van der Waals surface area contributed by atoms with E-state index in [4.69, 9.17) is 5.11 Å². The smallest absolute Gasteiger partial charge is 0.0824 e. The highest BCUT2D eigenvalue weighted by molar-refractivity contribution is 4.79. The quantitative estimate of drug-likeness (QED) is 0.785. The molecule has 0 saturated carbocycles. The summed E-state index contributed by atoms with van der Waals surface area (Å²) in [6.07, 6.45) is 0. The van der Waals surface area contributed by atoms with Crippen LogP contribution in [0.25, 0.3) is 0 Å². The fourth-order valence-corrected chi connectivity index (χ4v) is 1.02. The molecule has 0 spiro atoms. The van der Waals surface area contributed by atoms with Gasteiger partial charge in [-0.3, -0.25) is 0 Å². The standard InChI is InChI=1S/C8H18O.C5H12O2/c1-6(2)8(5,9)7(3)4;1-5(2,6)4-7-3/h6-7,9H,1-5H3;6H,4H2,1-3H3. The van der Waals surface area contributed by atoms with Crippen LogP contribution in [0.1, 0.15) is 48.5 Å². The van der Waals surface area contributed by atoms with Crippen molar-refractivity contribution < 1.29 is 14.9 Å². The van der Waals surface area contributed by atoms with Crippen molar-refractivity contribution in [3.8, 4) is 0 Å². The van der Waals surface area contributed by atoms with E-state index in [-0.39, 0.29) is 0 Å². The monoisotopic (exact) mass is 234 g/mol. The minimum Gasteiger partial charge on any atom is -0.390 e. The van der Waals surface area contributed by atoms with Crippen LogP contribution >= 0.6 is 0 Å². The molecule has 0 fully saturated rings. The molecule has 0 rings (SSSR count). The Kier molecular flexibility index (Phi) is 8.27. The number of ether oxygens (including phenoxy) is 1. The van der Waals surface area contributed by atoms with Crippen LogP contribution in [-0.4, -0.2) is 35.1 Å². The summed E-state index contributed by atoms with van der Waals surface area (Å²) in [6.45, 7) is 13.9. The van der Waals surface area contributed by atoms with Crippen LogP contribution in [0.15, 0.2) is 0 Å². The zero-order valence-corrected chi connectivity index (χ0v) is 12.2. The first kappa shape index (κ1) is 18.3. The Balaban J connectivity index is 0. The van der Waals surface area contributed by atoms with E-state index in [1.807, 2.05) is 34.6 Å². The van der Waals surface area contributed by atoms with E-state index in [1.165, 1.54) is 0 Å². The predicted molar refractivity (Wildman–Crippen MR) is 68.5 cm³/mol. The van der Waals surface area contributed by atoms with Crippen molar-refractivity contribution in [2.24, 2.45) is 11.8 Å². The highest BCUT2D eigenvalue weighted by Crippen LogP contribution is 2.24. The Bertz CT molecular complexity index is 157. The van der Waals surface area contributed by atoms with Gasteiger partial charge in [0.1, 0.15) is 0 Å². The van der Waals surface area contributed by atoms with Gasteiger partial charge in [0.15, 0.2) is 0 Å². The van der Waals surface area contributed by atoms with Gasteiger partial charge in [0.25, 0.3) is 0 Å². The molecule has 0 amide bonds. The fraction of sp³-hybridized carbons (Fsp3) is 1.00. The molecule has 2 N–H and O–H groups in total. The Labute approximate surface area is 101 Å². The summed E-state index contributed by atoms with van der Waals surface area (Å²) in [5, 5.41) is 18.6. The van der Waals surface area contributed by atoms with Crippen LogP contribution in [0, 0.1) is 11.8 Å². The summed E-state index contributed by atoms with van der Waals surface area (Å²) in [5.74, 6) is 0.690. The van der Waals surface area contributed by atoms with Gasteiger partial charge in [0.2, 0.25) is 0 Å². The molecule has 0 aliphatic heterocycles. The molecule has 0 aromatic rings. The molecule has 0 radical (unpaired) electrons. The fourth-order valence-electron chi connectivity index (χ4n) is 1.02. The van der Waals surface area contributed by atoms with E-state index in [1.54, 1.807) is 21.0 Å². The van der Waals surface area contributed by atoms with Gasteiger partial charge in [-0.1, -0.05) is 27.7 Å². The minimum atomic E-state index is -0.672. The first-order valence-corrected chi connectivity index (χ1v) is 5.88. The lowest BCUT2D eigenvalue weighted by atomic mass is 9.82. The largest absolute Gasteiger partial charge is 0.390 e. The van der Waals surface area contributed by atoms with Crippen molar-refractivity contribution in [1.29, 1.82) is 0 Å². The molecule has 100 valence electrons. The van der Waals surface area contributed by atoms with Crippen molar-refractivity contribution in [2.45, 2.75) is 59.7 Å². The van der Waals surface area contributed by atoms with Gasteiger partial charge in [0.05, 0.1) is 17.8 Å². The zero-order chi connectivity index (χ0) is 13.6. The van der Waals surface area contributed by atoms with Gasteiger partial charge in [-0.05, 0) is 32.6 Å². The normalized spacial score (nSPS) is 12.8. The molecule has 3 nitrogen and oxygen atoms in total. The maximum atomic E-state index is 9.67. The molecule has 0 aromatic heterocycles.